The van der Waals surface area contributed by atoms with Crippen LogP contribution in [0, 0.1) is 5.82 Å². The van der Waals surface area contributed by atoms with Gasteiger partial charge in [0.2, 0.25) is 0 Å². The molecular formula is C9H10FO2. The number of halogens is 1. The van der Waals surface area contributed by atoms with E-state index in [-0.39, 0.29) is 12.2 Å². The van der Waals surface area contributed by atoms with Gasteiger partial charge in [-0.25, -0.2) is 9.50 Å². The summed E-state index contributed by atoms with van der Waals surface area (Å²) >= 11 is 0. The molecule has 0 aliphatic heterocycles. The topological polar surface area (TPSA) is 29.1 Å². The van der Waals surface area contributed by atoms with Crippen LogP contribution in [0.3, 0.4) is 0 Å². The third-order valence-corrected chi connectivity index (χ3v) is 1.55. The van der Waals surface area contributed by atoms with Gasteiger partial charge in [-0.3, -0.25) is 0 Å². The predicted molar refractivity (Wildman–Crippen MR) is 41.6 cm³/mol. The van der Waals surface area contributed by atoms with Crippen molar-refractivity contribution in [3.63, 3.8) is 0 Å². The molecule has 2 nitrogen and oxygen atoms in total. The average Bonchev–Trinajstić information content (AvgIpc) is 2.04. The fourth-order valence-electron chi connectivity index (χ4n) is 0.940. The van der Waals surface area contributed by atoms with Gasteiger partial charge in [-0.1, -0.05) is 12.1 Å². The summed E-state index contributed by atoms with van der Waals surface area (Å²) in [6.07, 6.45) is -0.902. The highest BCUT2D eigenvalue weighted by atomic mass is 19.1. The summed E-state index contributed by atoms with van der Waals surface area (Å²) in [4.78, 5) is 0. The Hall–Kier alpha value is -0.930. The van der Waals surface area contributed by atoms with Gasteiger partial charge in [0.1, 0.15) is 5.82 Å². The monoisotopic (exact) mass is 169 g/mol. The van der Waals surface area contributed by atoms with Gasteiger partial charge in [-0.15, -0.1) is 0 Å². The van der Waals surface area contributed by atoms with Crippen LogP contribution in [-0.4, -0.2) is 13.4 Å². The minimum atomic E-state index is -1.10. The molecule has 0 bridgehead atoms. The molecule has 1 atom stereocenters. The van der Waals surface area contributed by atoms with E-state index in [1.54, 1.807) is 12.1 Å². The molecule has 0 saturated heterocycles. The van der Waals surface area contributed by atoms with E-state index in [0.29, 0.717) is 5.56 Å². The molecule has 0 heterocycles. The van der Waals surface area contributed by atoms with Crippen LogP contribution in [0.1, 0.15) is 5.56 Å². The van der Waals surface area contributed by atoms with E-state index in [1.807, 2.05) is 0 Å². The van der Waals surface area contributed by atoms with E-state index in [9.17, 15) is 9.50 Å². The molecule has 0 amide bonds. The van der Waals surface area contributed by atoms with E-state index in [2.05, 4.69) is 4.74 Å². The summed E-state index contributed by atoms with van der Waals surface area (Å²) in [5.41, 5.74) is 0.664. The van der Waals surface area contributed by atoms with Crippen molar-refractivity contribution in [3.05, 3.63) is 35.6 Å². The zero-order valence-electron chi connectivity index (χ0n) is 6.79. The Morgan fingerprint density at radius 2 is 2.33 bits per heavy atom. The first-order valence-electron chi connectivity index (χ1n) is 3.65. The van der Waals surface area contributed by atoms with Gasteiger partial charge in [0.15, 0.2) is 6.29 Å². The summed E-state index contributed by atoms with van der Waals surface area (Å²) in [6.45, 7) is 0. The van der Waals surface area contributed by atoms with Crippen molar-refractivity contribution in [3.8, 4) is 0 Å². The molecule has 0 fully saturated rings. The molecule has 0 N–H and O–H groups in total. The summed E-state index contributed by atoms with van der Waals surface area (Å²) in [5.74, 6) is -0.323. The zero-order valence-corrected chi connectivity index (χ0v) is 6.79. The van der Waals surface area contributed by atoms with Crippen molar-refractivity contribution in [2.75, 3.05) is 7.11 Å². The molecular weight excluding hydrogens is 159 g/mol. The maximum absolute atomic E-state index is 12.6. The minimum Gasteiger partial charge on any atom is -0.353 e. The molecule has 0 saturated carbocycles. The van der Waals surface area contributed by atoms with Crippen LogP contribution in [-0.2, 0) is 16.3 Å². The van der Waals surface area contributed by atoms with Crippen LogP contribution < -0.4 is 0 Å². The number of hydrogen-bond acceptors (Lipinski definition) is 1. The standard InChI is InChI=1S/C9H10FO2/c1-12-9(11)6-7-3-2-4-8(10)5-7/h2-5,9H,6H2,1H3. The van der Waals surface area contributed by atoms with Gasteiger partial charge >= 0.3 is 0 Å². The molecule has 0 aliphatic rings. The molecule has 0 spiro atoms. The highest BCUT2D eigenvalue weighted by molar-refractivity contribution is 5.16. The highest BCUT2D eigenvalue weighted by Crippen LogP contribution is 2.06. The fraction of sp³-hybridized carbons (Fsp3) is 0.333. The first kappa shape index (κ1) is 9.16. The Morgan fingerprint density at radius 1 is 1.58 bits per heavy atom. The number of ether oxygens (including phenoxy) is 1. The maximum atomic E-state index is 12.6. The molecule has 1 unspecified atom stereocenters. The normalized spacial score (nSPS) is 12.9. The largest absolute Gasteiger partial charge is 0.353 e. The molecule has 1 aromatic rings. The third kappa shape index (κ3) is 2.60. The van der Waals surface area contributed by atoms with Crippen LogP contribution >= 0.6 is 0 Å². The van der Waals surface area contributed by atoms with Gasteiger partial charge in [0, 0.05) is 13.5 Å². The minimum absolute atomic E-state index is 0.203. The number of rotatable bonds is 3. The Kier molecular flexibility index (Phi) is 3.19. The molecule has 1 radical (unpaired) electrons. The van der Waals surface area contributed by atoms with Gasteiger partial charge in [-0.2, -0.15) is 0 Å². The fourth-order valence-corrected chi connectivity index (χ4v) is 0.940. The van der Waals surface area contributed by atoms with Crippen molar-refractivity contribution < 1.29 is 14.2 Å². The Bertz CT molecular complexity index is 250. The second-order valence-electron chi connectivity index (χ2n) is 2.50. The lowest BCUT2D eigenvalue weighted by molar-refractivity contribution is -0.117. The van der Waals surface area contributed by atoms with E-state index in [1.165, 1.54) is 19.2 Å². The third-order valence-electron chi connectivity index (χ3n) is 1.55. The van der Waals surface area contributed by atoms with Gasteiger partial charge < -0.3 is 4.74 Å². The average molecular weight is 169 g/mol. The van der Waals surface area contributed by atoms with Crippen molar-refractivity contribution in [2.24, 2.45) is 0 Å². The van der Waals surface area contributed by atoms with Crippen LogP contribution in [0.5, 0.6) is 0 Å². The molecule has 12 heavy (non-hydrogen) atoms. The van der Waals surface area contributed by atoms with E-state index >= 15 is 0 Å². The van der Waals surface area contributed by atoms with Crippen LogP contribution in [0.4, 0.5) is 4.39 Å². The lowest BCUT2D eigenvalue weighted by atomic mass is 10.1. The molecule has 0 aromatic heterocycles. The number of benzene rings is 1. The molecule has 1 aromatic carbocycles. The van der Waals surface area contributed by atoms with Crippen molar-refractivity contribution in [1.29, 1.82) is 0 Å². The summed E-state index contributed by atoms with van der Waals surface area (Å²) in [7, 11) is 1.34. The SMILES string of the molecule is COC([O])Cc1cccc(F)c1. The second kappa shape index (κ2) is 4.18. The molecule has 3 heteroatoms. The lowest BCUT2D eigenvalue weighted by Gasteiger charge is -2.05. The van der Waals surface area contributed by atoms with E-state index in [4.69, 9.17) is 0 Å². The first-order chi connectivity index (χ1) is 5.72. The van der Waals surface area contributed by atoms with Crippen LogP contribution in [0.2, 0.25) is 0 Å². The van der Waals surface area contributed by atoms with E-state index in [0.717, 1.165) is 0 Å². The Labute approximate surface area is 70.6 Å². The van der Waals surface area contributed by atoms with Gasteiger partial charge in [0.05, 0.1) is 0 Å². The summed E-state index contributed by atoms with van der Waals surface area (Å²) in [5, 5.41) is 10.8. The lowest BCUT2D eigenvalue weighted by Crippen LogP contribution is -2.10. The first-order valence-corrected chi connectivity index (χ1v) is 3.65. The van der Waals surface area contributed by atoms with Crippen molar-refractivity contribution in [1.82, 2.24) is 0 Å². The second-order valence-corrected chi connectivity index (χ2v) is 2.50. The van der Waals surface area contributed by atoms with Crippen molar-refractivity contribution >= 4 is 0 Å². The predicted octanol–water partition coefficient (Wildman–Crippen LogP) is 1.77. The maximum Gasteiger partial charge on any atom is 0.195 e. The van der Waals surface area contributed by atoms with E-state index < -0.39 is 6.29 Å². The van der Waals surface area contributed by atoms with Crippen LogP contribution in [0.15, 0.2) is 24.3 Å². The highest BCUT2D eigenvalue weighted by Gasteiger charge is 2.04. The number of hydrogen-bond donors (Lipinski definition) is 0. The summed E-state index contributed by atoms with van der Waals surface area (Å²) < 4.78 is 17.1. The molecule has 0 aliphatic carbocycles. The quantitative estimate of drug-likeness (QED) is 0.634. The van der Waals surface area contributed by atoms with Crippen LogP contribution in [0.25, 0.3) is 0 Å². The molecule has 1 rings (SSSR count). The van der Waals surface area contributed by atoms with Gasteiger partial charge in [0.25, 0.3) is 0 Å². The Morgan fingerprint density at radius 3 is 2.92 bits per heavy atom. The van der Waals surface area contributed by atoms with Crippen molar-refractivity contribution in [2.45, 2.75) is 12.7 Å². The molecule has 65 valence electrons. The zero-order chi connectivity index (χ0) is 8.97. The number of methoxy groups -OCH3 is 1. The smallest absolute Gasteiger partial charge is 0.195 e. The van der Waals surface area contributed by atoms with Gasteiger partial charge in [-0.05, 0) is 17.7 Å². The Balaban J connectivity index is 2.63. The summed E-state index contributed by atoms with van der Waals surface area (Å²) in [6, 6.07) is 5.96.